The van der Waals surface area contributed by atoms with Gasteiger partial charge in [-0.1, -0.05) is 35.4 Å². The molecule has 1 N–H and O–H groups in total. The first-order chi connectivity index (χ1) is 7.72. The average molecular weight is 215 g/mol. The third kappa shape index (κ3) is 4.71. The van der Waals surface area contributed by atoms with E-state index in [0.717, 1.165) is 5.56 Å². The second-order valence-corrected chi connectivity index (χ2v) is 3.68. The normalized spacial score (nSPS) is 9.19. The Labute approximate surface area is 96.6 Å². The van der Waals surface area contributed by atoms with Gasteiger partial charge in [0.25, 0.3) is 0 Å². The molecule has 0 spiro atoms. The fourth-order valence-electron chi connectivity index (χ4n) is 1.47. The molecule has 0 aliphatic heterocycles. The number of nitrogens with zero attached hydrogens (tertiary/aromatic N) is 1. The minimum absolute atomic E-state index is 0.141. The minimum atomic E-state index is 0.141. The number of rotatable bonds is 1. The molecule has 1 aromatic heterocycles. The van der Waals surface area contributed by atoms with E-state index in [2.05, 4.69) is 11.1 Å². The Bertz CT molecular complexity index is 365. The lowest BCUT2D eigenvalue weighted by Crippen LogP contribution is -1.85. The van der Waals surface area contributed by atoms with Crippen LogP contribution in [0.1, 0.15) is 16.7 Å². The molecule has 84 valence electrons. The fraction of sp³-hybridized carbons (Fsp3) is 0.214. The number of benzene rings is 1. The first kappa shape index (κ1) is 12.4. The van der Waals surface area contributed by atoms with Gasteiger partial charge in [-0.05, 0) is 31.5 Å². The summed E-state index contributed by atoms with van der Waals surface area (Å²) in [5, 5.41) is 8.79. The molecular weight excluding hydrogens is 198 g/mol. The number of aromatic nitrogens is 1. The molecule has 2 nitrogen and oxygen atoms in total. The van der Waals surface area contributed by atoms with E-state index in [9.17, 15) is 0 Å². The molecule has 1 aromatic carbocycles. The van der Waals surface area contributed by atoms with Crippen LogP contribution in [0.25, 0.3) is 0 Å². The highest BCUT2D eigenvalue weighted by Gasteiger charge is 1.91. The molecule has 2 aromatic rings. The molecule has 0 radical (unpaired) electrons. The summed E-state index contributed by atoms with van der Waals surface area (Å²) in [6, 6.07) is 11.8. The number of aliphatic hydroxyl groups excluding tert-OH is 1. The lowest BCUT2D eigenvalue weighted by molar-refractivity contribution is 0.281. The number of hydrogen-bond acceptors (Lipinski definition) is 2. The van der Waals surface area contributed by atoms with Crippen LogP contribution in [-0.4, -0.2) is 10.1 Å². The maximum Gasteiger partial charge on any atom is 0.0682 e. The van der Waals surface area contributed by atoms with Gasteiger partial charge in [0.2, 0.25) is 0 Å². The maximum absolute atomic E-state index is 8.79. The van der Waals surface area contributed by atoms with Gasteiger partial charge < -0.3 is 5.11 Å². The Kier molecular flexibility index (Phi) is 5.23. The Morgan fingerprint density at radius 1 is 0.938 bits per heavy atom. The van der Waals surface area contributed by atoms with Crippen molar-refractivity contribution in [2.75, 3.05) is 0 Å². The number of pyridine rings is 1. The van der Waals surface area contributed by atoms with Gasteiger partial charge in [0, 0.05) is 12.4 Å². The Balaban J connectivity index is 0.000000181. The standard InChI is InChI=1S/C9H12O.C5H5N/c1-7-3-8(2)5-9(4-7)6-10;1-2-4-6-5-3-1/h3-5,10H,6H2,1-2H3;1-5H. The van der Waals surface area contributed by atoms with Crippen molar-refractivity contribution in [3.63, 3.8) is 0 Å². The van der Waals surface area contributed by atoms with Gasteiger partial charge in [-0.2, -0.15) is 0 Å². The van der Waals surface area contributed by atoms with Crippen LogP contribution in [0.4, 0.5) is 0 Å². The van der Waals surface area contributed by atoms with Crippen molar-refractivity contribution >= 4 is 0 Å². The molecule has 0 unspecified atom stereocenters. The van der Waals surface area contributed by atoms with Crippen LogP contribution >= 0.6 is 0 Å². The highest BCUT2D eigenvalue weighted by molar-refractivity contribution is 5.27. The number of aryl methyl sites for hydroxylation is 2. The van der Waals surface area contributed by atoms with Crippen molar-refractivity contribution in [2.45, 2.75) is 20.5 Å². The Hall–Kier alpha value is -1.67. The summed E-state index contributed by atoms with van der Waals surface area (Å²) in [4.78, 5) is 3.78. The Morgan fingerprint density at radius 3 is 1.81 bits per heavy atom. The van der Waals surface area contributed by atoms with Gasteiger partial charge in [-0.25, -0.2) is 0 Å². The molecule has 1 heterocycles. The lowest BCUT2D eigenvalue weighted by Gasteiger charge is -1.99. The highest BCUT2D eigenvalue weighted by atomic mass is 16.3. The maximum atomic E-state index is 8.79. The van der Waals surface area contributed by atoms with Gasteiger partial charge in [-0.3, -0.25) is 4.98 Å². The fourth-order valence-corrected chi connectivity index (χ4v) is 1.47. The van der Waals surface area contributed by atoms with E-state index >= 15 is 0 Å². The highest BCUT2D eigenvalue weighted by Crippen LogP contribution is 2.07. The SMILES string of the molecule is Cc1cc(C)cc(CO)c1.c1ccncc1. The van der Waals surface area contributed by atoms with E-state index in [4.69, 9.17) is 5.11 Å². The van der Waals surface area contributed by atoms with Gasteiger partial charge in [-0.15, -0.1) is 0 Å². The predicted octanol–water partition coefficient (Wildman–Crippen LogP) is 2.88. The van der Waals surface area contributed by atoms with Crippen molar-refractivity contribution in [3.8, 4) is 0 Å². The zero-order chi connectivity index (χ0) is 11.8. The summed E-state index contributed by atoms with van der Waals surface area (Å²) >= 11 is 0. The summed E-state index contributed by atoms with van der Waals surface area (Å²) in [6.45, 7) is 4.21. The van der Waals surface area contributed by atoms with E-state index in [0.29, 0.717) is 0 Å². The average Bonchev–Trinajstić information content (AvgIpc) is 2.31. The first-order valence-electron chi connectivity index (χ1n) is 5.25. The van der Waals surface area contributed by atoms with Crippen LogP contribution in [0.3, 0.4) is 0 Å². The van der Waals surface area contributed by atoms with Crippen molar-refractivity contribution in [1.29, 1.82) is 0 Å². The first-order valence-corrected chi connectivity index (χ1v) is 5.25. The van der Waals surface area contributed by atoms with Gasteiger partial charge in [0.1, 0.15) is 0 Å². The largest absolute Gasteiger partial charge is 0.392 e. The third-order valence-corrected chi connectivity index (χ3v) is 2.03. The van der Waals surface area contributed by atoms with Crippen molar-refractivity contribution in [2.24, 2.45) is 0 Å². The topological polar surface area (TPSA) is 33.1 Å². The third-order valence-electron chi connectivity index (χ3n) is 2.03. The Morgan fingerprint density at radius 2 is 1.50 bits per heavy atom. The molecule has 2 heteroatoms. The summed E-state index contributed by atoms with van der Waals surface area (Å²) < 4.78 is 0. The minimum Gasteiger partial charge on any atom is -0.392 e. The van der Waals surface area contributed by atoms with E-state index in [1.165, 1.54) is 11.1 Å². The molecule has 0 aliphatic carbocycles. The molecular formula is C14H17NO. The molecule has 2 rings (SSSR count). The van der Waals surface area contributed by atoms with Gasteiger partial charge in [0.15, 0.2) is 0 Å². The monoisotopic (exact) mass is 215 g/mol. The number of hydrogen-bond donors (Lipinski definition) is 1. The van der Waals surface area contributed by atoms with Crippen LogP contribution in [0, 0.1) is 13.8 Å². The summed E-state index contributed by atoms with van der Waals surface area (Å²) in [6.07, 6.45) is 3.50. The van der Waals surface area contributed by atoms with E-state index < -0.39 is 0 Å². The zero-order valence-electron chi connectivity index (χ0n) is 9.72. The molecule has 16 heavy (non-hydrogen) atoms. The van der Waals surface area contributed by atoms with Gasteiger partial charge >= 0.3 is 0 Å². The van der Waals surface area contributed by atoms with Crippen LogP contribution in [0.5, 0.6) is 0 Å². The summed E-state index contributed by atoms with van der Waals surface area (Å²) in [7, 11) is 0. The van der Waals surface area contributed by atoms with Crippen LogP contribution in [-0.2, 0) is 6.61 Å². The van der Waals surface area contributed by atoms with E-state index in [1.807, 2.05) is 44.2 Å². The molecule has 0 fully saturated rings. The molecule has 0 atom stereocenters. The molecule has 0 bridgehead atoms. The zero-order valence-corrected chi connectivity index (χ0v) is 9.72. The second-order valence-electron chi connectivity index (χ2n) is 3.68. The van der Waals surface area contributed by atoms with Crippen LogP contribution in [0.15, 0.2) is 48.8 Å². The molecule has 0 amide bonds. The van der Waals surface area contributed by atoms with Crippen LogP contribution < -0.4 is 0 Å². The lowest BCUT2D eigenvalue weighted by atomic mass is 10.1. The summed E-state index contributed by atoms with van der Waals surface area (Å²) in [5.41, 5.74) is 3.42. The molecule has 0 saturated heterocycles. The van der Waals surface area contributed by atoms with Crippen LogP contribution in [0.2, 0.25) is 0 Å². The summed E-state index contributed by atoms with van der Waals surface area (Å²) in [5.74, 6) is 0. The molecule has 0 aliphatic rings. The quantitative estimate of drug-likeness (QED) is 0.793. The number of aliphatic hydroxyl groups is 1. The van der Waals surface area contributed by atoms with Crippen molar-refractivity contribution in [3.05, 3.63) is 65.5 Å². The van der Waals surface area contributed by atoms with Gasteiger partial charge in [0.05, 0.1) is 6.61 Å². The van der Waals surface area contributed by atoms with E-state index in [1.54, 1.807) is 12.4 Å². The van der Waals surface area contributed by atoms with Crippen molar-refractivity contribution in [1.82, 2.24) is 4.98 Å². The smallest absolute Gasteiger partial charge is 0.0682 e. The predicted molar refractivity (Wildman–Crippen MR) is 66.1 cm³/mol. The second kappa shape index (κ2) is 6.75. The molecule has 0 saturated carbocycles. The van der Waals surface area contributed by atoms with E-state index in [-0.39, 0.29) is 6.61 Å². The van der Waals surface area contributed by atoms with Crippen molar-refractivity contribution < 1.29 is 5.11 Å².